The van der Waals surface area contributed by atoms with Crippen LogP contribution in [0.2, 0.25) is 0 Å². The summed E-state index contributed by atoms with van der Waals surface area (Å²) in [6.07, 6.45) is 0. The molecule has 8 heteroatoms. The van der Waals surface area contributed by atoms with Crippen molar-refractivity contribution in [2.45, 2.75) is 13.5 Å². The highest BCUT2D eigenvalue weighted by molar-refractivity contribution is 5.87. The van der Waals surface area contributed by atoms with Crippen molar-refractivity contribution in [3.8, 4) is 0 Å². The number of hydrogen-bond donors (Lipinski definition) is 3. The van der Waals surface area contributed by atoms with Crippen molar-refractivity contribution in [2.24, 2.45) is 0 Å². The van der Waals surface area contributed by atoms with Gasteiger partial charge in [0, 0.05) is 13.1 Å². The maximum absolute atomic E-state index is 11.5. The van der Waals surface area contributed by atoms with E-state index in [0.29, 0.717) is 6.61 Å². The van der Waals surface area contributed by atoms with Crippen LogP contribution in [0.15, 0.2) is 24.3 Å². The van der Waals surface area contributed by atoms with E-state index in [4.69, 9.17) is 9.84 Å². The molecule has 3 N–H and O–H groups in total. The van der Waals surface area contributed by atoms with E-state index >= 15 is 0 Å². The van der Waals surface area contributed by atoms with E-state index in [1.807, 2.05) is 0 Å². The summed E-state index contributed by atoms with van der Waals surface area (Å²) in [7, 11) is 0. The highest BCUT2D eigenvalue weighted by atomic mass is 16.6. The minimum Gasteiger partial charge on any atom is -0.478 e. The van der Waals surface area contributed by atoms with E-state index in [9.17, 15) is 14.4 Å². The van der Waals surface area contributed by atoms with Gasteiger partial charge in [-0.2, -0.15) is 0 Å². The molecule has 2 amide bonds. The fourth-order valence-electron chi connectivity index (χ4n) is 1.60. The summed E-state index contributed by atoms with van der Waals surface area (Å²) in [5.74, 6) is -1.44. The lowest BCUT2D eigenvalue weighted by Gasteiger charge is -2.08. The average molecular weight is 324 g/mol. The standard InChI is InChI=1S/C15H20N2O6/c1-2-23-13(18)10-22-8-7-16-15(21)17-9-11-3-5-12(6-4-11)14(19)20/h3-6H,2,7-10H2,1H3,(H,19,20)(H2,16,17,21). The Hall–Kier alpha value is -2.61. The molecule has 0 aliphatic rings. The smallest absolute Gasteiger partial charge is 0.335 e. The molecule has 1 aromatic rings. The zero-order valence-corrected chi connectivity index (χ0v) is 12.8. The lowest BCUT2D eigenvalue weighted by atomic mass is 10.1. The summed E-state index contributed by atoms with van der Waals surface area (Å²) in [6.45, 7) is 2.58. The van der Waals surface area contributed by atoms with Gasteiger partial charge in [-0.25, -0.2) is 14.4 Å². The van der Waals surface area contributed by atoms with Gasteiger partial charge >= 0.3 is 18.0 Å². The first-order valence-corrected chi connectivity index (χ1v) is 7.10. The Morgan fingerprint density at radius 1 is 1.13 bits per heavy atom. The van der Waals surface area contributed by atoms with Gasteiger partial charge in [0.2, 0.25) is 0 Å². The molecular weight excluding hydrogens is 304 g/mol. The van der Waals surface area contributed by atoms with Crippen molar-refractivity contribution in [3.05, 3.63) is 35.4 Å². The van der Waals surface area contributed by atoms with Gasteiger partial charge in [0.25, 0.3) is 0 Å². The van der Waals surface area contributed by atoms with Gasteiger partial charge in [-0.1, -0.05) is 12.1 Å². The first-order chi connectivity index (χ1) is 11.0. The number of nitrogens with one attached hydrogen (secondary N) is 2. The van der Waals surface area contributed by atoms with Crippen molar-refractivity contribution in [2.75, 3.05) is 26.4 Å². The number of esters is 1. The molecule has 0 atom stereocenters. The lowest BCUT2D eigenvalue weighted by molar-refractivity contribution is -0.148. The largest absolute Gasteiger partial charge is 0.478 e. The van der Waals surface area contributed by atoms with E-state index in [1.54, 1.807) is 19.1 Å². The minimum absolute atomic E-state index is 0.146. The van der Waals surface area contributed by atoms with Crippen LogP contribution in [0, 0.1) is 0 Å². The molecule has 0 heterocycles. The first-order valence-electron chi connectivity index (χ1n) is 7.10. The molecule has 0 radical (unpaired) electrons. The van der Waals surface area contributed by atoms with Crippen molar-refractivity contribution >= 4 is 18.0 Å². The number of rotatable bonds is 9. The summed E-state index contributed by atoms with van der Waals surface area (Å²) < 4.78 is 9.70. The van der Waals surface area contributed by atoms with Crippen LogP contribution in [0.4, 0.5) is 4.79 Å². The fraction of sp³-hybridized carbons (Fsp3) is 0.400. The van der Waals surface area contributed by atoms with Crippen molar-refractivity contribution < 1.29 is 29.0 Å². The number of amides is 2. The third-order valence-corrected chi connectivity index (χ3v) is 2.71. The predicted molar refractivity (Wildman–Crippen MR) is 81.1 cm³/mol. The monoisotopic (exact) mass is 324 g/mol. The Kier molecular flexibility index (Phi) is 8.16. The molecule has 0 aliphatic carbocycles. The second kappa shape index (κ2) is 10.2. The molecule has 0 saturated heterocycles. The molecule has 0 fully saturated rings. The van der Waals surface area contributed by atoms with E-state index < -0.39 is 11.9 Å². The Balaban J connectivity index is 2.14. The Labute approximate surface area is 133 Å². The number of carbonyl (C=O) groups is 3. The van der Waals surface area contributed by atoms with Gasteiger partial charge in [0.05, 0.1) is 18.8 Å². The van der Waals surface area contributed by atoms with Gasteiger partial charge in [-0.05, 0) is 24.6 Å². The van der Waals surface area contributed by atoms with Crippen LogP contribution in [-0.2, 0) is 20.8 Å². The van der Waals surface area contributed by atoms with Crippen LogP contribution in [0.5, 0.6) is 0 Å². The van der Waals surface area contributed by atoms with Gasteiger partial charge in [-0.15, -0.1) is 0 Å². The van der Waals surface area contributed by atoms with E-state index in [2.05, 4.69) is 15.4 Å². The zero-order chi connectivity index (χ0) is 17.1. The highest BCUT2D eigenvalue weighted by Crippen LogP contribution is 2.03. The first kappa shape index (κ1) is 18.4. The van der Waals surface area contributed by atoms with E-state index in [-0.39, 0.29) is 37.9 Å². The number of aromatic carboxylic acids is 1. The molecule has 0 aliphatic heterocycles. The molecule has 8 nitrogen and oxygen atoms in total. The summed E-state index contributed by atoms with van der Waals surface area (Å²) in [5.41, 5.74) is 0.973. The summed E-state index contributed by atoms with van der Waals surface area (Å²) in [4.78, 5) is 33.2. The molecule has 1 aromatic carbocycles. The number of hydrogen-bond acceptors (Lipinski definition) is 5. The van der Waals surface area contributed by atoms with Gasteiger partial charge < -0.3 is 25.2 Å². The van der Waals surface area contributed by atoms with Crippen LogP contribution in [0.25, 0.3) is 0 Å². The predicted octanol–water partition coefficient (Wildman–Crippen LogP) is 0.764. The molecule has 0 unspecified atom stereocenters. The fourth-order valence-corrected chi connectivity index (χ4v) is 1.60. The van der Waals surface area contributed by atoms with Crippen LogP contribution in [0.3, 0.4) is 0 Å². The van der Waals surface area contributed by atoms with Crippen molar-refractivity contribution in [1.82, 2.24) is 10.6 Å². The van der Waals surface area contributed by atoms with Crippen LogP contribution >= 0.6 is 0 Å². The van der Waals surface area contributed by atoms with Crippen LogP contribution in [-0.4, -0.2) is 49.4 Å². The maximum Gasteiger partial charge on any atom is 0.335 e. The highest BCUT2D eigenvalue weighted by Gasteiger charge is 2.04. The Morgan fingerprint density at radius 3 is 2.43 bits per heavy atom. The number of urea groups is 1. The minimum atomic E-state index is -0.995. The number of ether oxygens (including phenoxy) is 2. The topological polar surface area (TPSA) is 114 Å². The third-order valence-electron chi connectivity index (χ3n) is 2.71. The number of carboxylic acids is 1. The number of carboxylic acid groups (broad SMARTS) is 1. The molecule has 126 valence electrons. The number of benzene rings is 1. The Bertz CT molecular complexity index is 529. The quantitative estimate of drug-likeness (QED) is 0.456. The molecule has 23 heavy (non-hydrogen) atoms. The van der Waals surface area contributed by atoms with Crippen molar-refractivity contribution in [3.63, 3.8) is 0 Å². The summed E-state index contributed by atoms with van der Waals surface area (Å²) in [5, 5.41) is 14.0. The molecule has 0 saturated carbocycles. The molecular formula is C15H20N2O6. The van der Waals surface area contributed by atoms with Gasteiger partial charge in [0.15, 0.2) is 0 Å². The van der Waals surface area contributed by atoms with Crippen molar-refractivity contribution in [1.29, 1.82) is 0 Å². The second-order valence-electron chi connectivity index (χ2n) is 4.47. The molecule has 0 spiro atoms. The summed E-state index contributed by atoms with van der Waals surface area (Å²) in [6, 6.07) is 5.83. The molecule has 0 aromatic heterocycles. The van der Waals surface area contributed by atoms with Gasteiger partial charge in [-0.3, -0.25) is 0 Å². The van der Waals surface area contributed by atoms with Crippen LogP contribution < -0.4 is 10.6 Å². The lowest BCUT2D eigenvalue weighted by Crippen LogP contribution is -2.37. The number of carbonyl (C=O) groups excluding carboxylic acids is 2. The van der Waals surface area contributed by atoms with E-state index in [0.717, 1.165) is 5.56 Å². The SMILES string of the molecule is CCOC(=O)COCCNC(=O)NCc1ccc(C(=O)O)cc1. The zero-order valence-electron chi connectivity index (χ0n) is 12.8. The molecule has 0 bridgehead atoms. The third kappa shape index (κ3) is 7.82. The average Bonchev–Trinajstić information content (AvgIpc) is 2.53. The second-order valence-corrected chi connectivity index (χ2v) is 4.47. The summed E-state index contributed by atoms with van der Waals surface area (Å²) >= 11 is 0. The molecule has 1 rings (SSSR count). The normalized spacial score (nSPS) is 9.96. The van der Waals surface area contributed by atoms with Crippen LogP contribution in [0.1, 0.15) is 22.8 Å². The maximum atomic E-state index is 11.5. The Morgan fingerprint density at radius 2 is 1.83 bits per heavy atom. The van der Waals surface area contributed by atoms with E-state index in [1.165, 1.54) is 12.1 Å². The van der Waals surface area contributed by atoms with Gasteiger partial charge in [0.1, 0.15) is 6.61 Å².